The first-order valence-corrected chi connectivity index (χ1v) is 4.40. The fourth-order valence-electron chi connectivity index (χ4n) is 1.20. The molecule has 3 nitrogen and oxygen atoms in total. The molecule has 1 heterocycles. The molecule has 0 bridgehead atoms. The van der Waals surface area contributed by atoms with Crippen molar-refractivity contribution in [3.05, 3.63) is 35.7 Å². The van der Waals surface area contributed by atoms with Gasteiger partial charge in [0.1, 0.15) is 11.5 Å². The highest BCUT2D eigenvalue weighted by Crippen LogP contribution is 2.22. The molecule has 0 atom stereocenters. The van der Waals surface area contributed by atoms with Crippen LogP contribution in [-0.4, -0.2) is 10.1 Å². The normalized spacial score (nSPS) is 10.4. The smallest absolute Gasteiger partial charge is 0.226 e. The van der Waals surface area contributed by atoms with E-state index in [2.05, 4.69) is 4.98 Å². The van der Waals surface area contributed by atoms with Crippen molar-refractivity contribution in [2.75, 3.05) is 0 Å². The molecule has 0 aliphatic carbocycles. The van der Waals surface area contributed by atoms with Crippen molar-refractivity contribution in [1.82, 2.24) is 4.98 Å². The van der Waals surface area contributed by atoms with Crippen molar-refractivity contribution in [1.29, 1.82) is 0 Å². The van der Waals surface area contributed by atoms with Crippen LogP contribution in [0, 0.1) is 13.8 Å². The summed E-state index contributed by atoms with van der Waals surface area (Å²) < 4.78 is 5.45. The van der Waals surface area contributed by atoms with E-state index in [-0.39, 0.29) is 5.75 Å². The number of phenols is 1. The number of aryl methyl sites for hydroxylation is 2. The Labute approximate surface area is 82.0 Å². The van der Waals surface area contributed by atoms with Gasteiger partial charge >= 0.3 is 0 Å². The van der Waals surface area contributed by atoms with Crippen LogP contribution in [0.5, 0.6) is 5.75 Å². The van der Waals surface area contributed by atoms with Crippen LogP contribution >= 0.6 is 0 Å². The molecule has 0 unspecified atom stereocenters. The number of hydrogen-bond donors (Lipinski definition) is 1. The largest absolute Gasteiger partial charge is 0.508 e. The van der Waals surface area contributed by atoms with Gasteiger partial charge in [-0.2, -0.15) is 0 Å². The Hall–Kier alpha value is -1.77. The van der Waals surface area contributed by atoms with Crippen molar-refractivity contribution in [2.24, 2.45) is 0 Å². The van der Waals surface area contributed by atoms with Gasteiger partial charge in [0.15, 0.2) is 0 Å². The van der Waals surface area contributed by atoms with E-state index < -0.39 is 0 Å². The standard InChI is InChI=1S/C11H11NO2/c1-7-8(2)14-11(12-7)9-3-5-10(13)6-4-9/h3-6,13H,1-2H3. The van der Waals surface area contributed by atoms with Gasteiger partial charge in [-0.15, -0.1) is 0 Å². The second kappa shape index (κ2) is 3.18. The molecule has 1 aromatic heterocycles. The minimum absolute atomic E-state index is 0.244. The molecule has 2 rings (SSSR count). The number of hydrogen-bond acceptors (Lipinski definition) is 3. The molecule has 3 heteroatoms. The van der Waals surface area contributed by atoms with Crippen LogP contribution in [0.4, 0.5) is 0 Å². The fourth-order valence-corrected chi connectivity index (χ4v) is 1.20. The Kier molecular flexibility index (Phi) is 2.00. The van der Waals surface area contributed by atoms with Gasteiger partial charge in [0, 0.05) is 5.56 Å². The van der Waals surface area contributed by atoms with E-state index in [1.165, 1.54) is 0 Å². The maximum absolute atomic E-state index is 9.11. The van der Waals surface area contributed by atoms with E-state index in [4.69, 9.17) is 9.52 Å². The second-order valence-corrected chi connectivity index (χ2v) is 3.21. The van der Waals surface area contributed by atoms with Crippen LogP contribution in [0.2, 0.25) is 0 Å². The van der Waals surface area contributed by atoms with Crippen LogP contribution in [-0.2, 0) is 0 Å². The first kappa shape index (κ1) is 8.81. The number of benzene rings is 1. The molecule has 0 aliphatic heterocycles. The topological polar surface area (TPSA) is 46.3 Å². The zero-order valence-electron chi connectivity index (χ0n) is 8.11. The summed E-state index contributed by atoms with van der Waals surface area (Å²) in [6.45, 7) is 3.79. The number of rotatable bonds is 1. The van der Waals surface area contributed by atoms with Gasteiger partial charge in [0.2, 0.25) is 5.89 Å². The van der Waals surface area contributed by atoms with E-state index in [1.807, 2.05) is 13.8 Å². The lowest BCUT2D eigenvalue weighted by Gasteiger charge is -1.94. The van der Waals surface area contributed by atoms with E-state index >= 15 is 0 Å². The van der Waals surface area contributed by atoms with E-state index in [9.17, 15) is 0 Å². The number of aromatic hydroxyl groups is 1. The van der Waals surface area contributed by atoms with Crippen LogP contribution in [0.3, 0.4) is 0 Å². The third-order valence-electron chi connectivity index (χ3n) is 2.14. The van der Waals surface area contributed by atoms with Gasteiger partial charge in [-0.25, -0.2) is 4.98 Å². The summed E-state index contributed by atoms with van der Waals surface area (Å²) in [7, 11) is 0. The summed E-state index contributed by atoms with van der Waals surface area (Å²) in [6, 6.07) is 6.79. The molecule has 1 aromatic carbocycles. The summed E-state index contributed by atoms with van der Waals surface area (Å²) in [4.78, 5) is 4.26. The SMILES string of the molecule is Cc1nc(-c2ccc(O)cc2)oc1C. The lowest BCUT2D eigenvalue weighted by atomic mass is 10.2. The molecular formula is C11H11NO2. The molecule has 72 valence electrons. The Bertz CT molecular complexity index is 423. The summed E-state index contributed by atoms with van der Waals surface area (Å²) in [5.41, 5.74) is 1.77. The van der Waals surface area contributed by atoms with Gasteiger partial charge in [-0.1, -0.05) is 0 Å². The molecular weight excluding hydrogens is 178 g/mol. The minimum Gasteiger partial charge on any atom is -0.508 e. The van der Waals surface area contributed by atoms with Gasteiger partial charge in [0.25, 0.3) is 0 Å². The van der Waals surface area contributed by atoms with Crippen molar-refractivity contribution in [3.63, 3.8) is 0 Å². The first-order chi connectivity index (χ1) is 6.66. The molecule has 0 aliphatic rings. The van der Waals surface area contributed by atoms with Crippen LogP contribution in [0.1, 0.15) is 11.5 Å². The highest BCUT2D eigenvalue weighted by molar-refractivity contribution is 5.54. The van der Waals surface area contributed by atoms with Crippen LogP contribution in [0.15, 0.2) is 28.7 Å². The monoisotopic (exact) mass is 189 g/mol. The predicted molar refractivity (Wildman–Crippen MR) is 53.1 cm³/mol. The van der Waals surface area contributed by atoms with E-state index in [0.717, 1.165) is 17.0 Å². The third kappa shape index (κ3) is 1.48. The van der Waals surface area contributed by atoms with Gasteiger partial charge in [0.05, 0.1) is 5.69 Å². The maximum Gasteiger partial charge on any atom is 0.226 e. The fraction of sp³-hybridized carbons (Fsp3) is 0.182. The van der Waals surface area contributed by atoms with Crippen LogP contribution < -0.4 is 0 Å². The molecule has 0 fully saturated rings. The molecule has 1 N–H and O–H groups in total. The first-order valence-electron chi connectivity index (χ1n) is 4.40. The molecule has 2 aromatic rings. The predicted octanol–water partition coefficient (Wildman–Crippen LogP) is 2.66. The zero-order valence-corrected chi connectivity index (χ0v) is 8.11. The van der Waals surface area contributed by atoms with Crippen molar-refractivity contribution in [2.45, 2.75) is 13.8 Å². The molecule has 0 spiro atoms. The summed E-state index contributed by atoms with van der Waals surface area (Å²) >= 11 is 0. The summed E-state index contributed by atoms with van der Waals surface area (Å²) in [6.07, 6.45) is 0. The van der Waals surface area contributed by atoms with Gasteiger partial charge < -0.3 is 9.52 Å². The number of nitrogens with zero attached hydrogens (tertiary/aromatic N) is 1. The Morgan fingerprint density at radius 1 is 1.14 bits per heavy atom. The van der Waals surface area contributed by atoms with E-state index in [0.29, 0.717) is 5.89 Å². The van der Waals surface area contributed by atoms with Gasteiger partial charge in [-0.3, -0.25) is 0 Å². The zero-order chi connectivity index (χ0) is 10.1. The summed E-state index contributed by atoms with van der Waals surface area (Å²) in [5.74, 6) is 1.67. The van der Waals surface area contributed by atoms with Crippen molar-refractivity contribution >= 4 is 0 Å². The third-order valence-corrected chi connectivity index (χ3v) is 2.14. The second-order valence-electron chi connectivity index (χ2n) is 3.21. The highest BCUT2D eigenvalue weighted by atomic mass is 16.4. The summed E-state index contributed by atoms with van der Waals surface area (Å²) in [5, 5.41) is 9.11. The maximum atomic E-state index is 9.11. The minimum atomic E-state index is 0.244. The van der Waals surface area contributed by atoms with Crippen molar-refractivity contribution in [3.8, 4) is 17.2 Å². The number of oxazole rings is 1. The Morgan fingerprint density at radius 2 is 1.79 bits per heavy atom. The molecule has 0 saturated carbocycles. The van der Waals surface area contributed by atoms with Crippen molar-refractivity contribution < 1.29 is 9.52 Å². The lowest BCUT2D eigenvalue weighted by Crippen LogP contribution is -1.76. The van der Waals surface area contributed by atoms with Crippen LogP contribution in [0.25, 0.3) is 11.5 Å². The van der Waals surface area contributed by atoms with E-state index in [1.54, 1.807) is 24.3 Å². The Morgan fingerprint density at radius 3 is 2.29 bits per heavy atom. The lowest BCUT2D eigenvalue weighted by molar-refractivity contribution is 0.475. The highest BCUT2D eigenvalue weighted by Gasteiger charge is 2.07. The average molecular weight is 189 g/mol. The molecule has 0 amide bonds. The Balaban J connectivity index is 2.44. The quantitative estimate of drug-likeness (QED) is 0.750. The number of phenolic OH excluding ortho intramolecular Hbond substituents is 1. The number of aromatic nitrogens is 1. The molecule has 0 saturated heterocycles. The average Bonchev–Trinajstić information content (AvgIpc) is 2.48. The molecule has 14 heavy (non-hydrogen) atoms. The van der Waals surface area contributed by atoms with Gasteiger partial charge in [-0.05, 0) is 38.1 Å². The molecule has 0 radical (unpaired) electrons.